The number of hydrogen-bond acceptors (Lipinski definition) is 8. The molecule has 4 N–H and O–H groups in total. The van der Waals surface area contributed by atoms with E-state index in [0.29, 0.717) is 13.1 Å². The van der Waals surface area contributed by atoms with Crippen LogP contribution in [-0.4, -0.2) is 93.1 Å². The summed E-state index contributed by atoms with van der Waals surface area (Å²) in [6.45, 7) is 11.1. The summed E-state index contributed by atoms with van der Waals surface area (Å²) in [5, 5.41) is 5.29. The molecule has 55 heavy (non-hydrogen) atoms. The number of amides is 4. The standard InChI is InChI=1S/C41H50N8O6/c1-22(2)34(47-40(53)55-7)38(51)49-17-9-11-33(49)36-43-21-31(46-36)25-13-15-27-26-14-12-24(18-28(26)41(4,5)29(27)19-25)30-20-42-35(45-30)32-10-8-16-48(32)37(50)23(3)44-39(52)54-6/h12-15,18-23,32-34H,8-11,16-17H2,1-7H3,(H,42,45)(H,43,46)(H,44,52)(H,47,53)/t23-,32-,33-,34-/m0/s1. The van der Waals surface area contributed by atoms with Crippen molar-refractivity contribution >= 4 is 24.0 Å². The van der Waals surface area contributed by atoms with Crippen molar-refractivity contribution in [3.8, 4) is 33.6 Å². The number of ether oxygens (including phenoxy) is 2. The number of nitrogens with zero attached hydrogens (tertiary/aromatic N) is 4. The predicted octanol–water partition coefficient (Wildman–Crippen LogP) is 6.23. The molecule has 1 aliphatic carbocycles. The van der Waals surface area contributed by atoms with Gasteiger partial charge in [-0.2, -0.15) is 0 Å². The first-order valence-corrected chi connectivity index (χ1v) is 19.0. The summed E-state index contributed by atoms with van der Waals surface area (Å²) in [6.07, 6.45) is 5.64. The van der Waals surface area contributed by atoms with Crippen LogP contribution in [0.25, 0.3) is 33.6 Å². The van der Waals surface area contributed by atoms with Crippen molar-refractivity contribution in [1.29, 1.82) is 0 Å². The van der Waals surface area contributed by atoms with Crippen molar-refractivity contribution in [1.82, 2.24) is 40.4 Å². The van der Waals surface area contributed by atoms with Crippen LogP contribution < -0.4 is 10.6 Å². The molecule has 2 aromatic heterocycles. The van der Waals surface area contributed by atoms with Crippen molar-refractivity contribution in [2.24, 2.45) is 5.92 Å². The van der Waals surface area contributed by atoms with Gasteiger partial charge in [0, 0.05) is 18.5 Å². The minimum absolute atomic E-state index is 0.111. The molecule has 0 unspecified atom stereocenters. The van der Waals surface area contributed by atoms with Crippen LogP contribution in [0.3, 0.4) is 0 Å². The number of carbonyl (C=O) groups excluding carboxylic acids is 4. The first kappa shape index (κ1) is 37.6. The number of H-pyrrole nitrogens is 2. The number of alkyl carbamates (subject to hydrolysis) is 2. The third-order valence-corrected chi connectivity index (χ3v) is 11.5. The lowest BCUT2D eigenvalue weighted by molar-refractivity contribution is -0.135. The number of likely N-dealkylation sites (tertiary alicyclic amines) is 2. The van der Waals surface area contributed by atoms with Crippen molar-refractivity contribution < 1.29 is 28.7 Å². The van der Waals surface area contributed by atoms with Crippen LogP contribution in [-0.2, 0) is 24.5 Å². The molecule has 7 rings (SSSR count). The molecular formula is C41H50N8O6. The Morgan fingerprint density at radius 1 is 0.745 bits per heavy atom. The Labute approximate surface area is 320 Å². The van der Waals surface area contributed by atoms with Crippen molar-refractivity contribution in [2.75, 3.05) is 27.3 Å². The Balaban J connectivity index is 1.09. The van der Waals surface area contributed by atoms with Crippen molar-refractivity contribution in [3.05, 3.63) is 71.6 Å². The van der Waals surface area contributed by atoms with Crippen LogP contribution in [0.1, 0.15) is 95.2 Å². The average Bonchev–Trinajstić information content (AvgIpc) is 4.03. The van der Waals surface area contributed by atoms with Gasteiger partial charge in [-0.05, 0) is 84.0 Å². The first-order valence-electron chi connectivity index (χ1n) is 19.0. The minimum atomic E-state index is -0.715. The van der Waals surface area contributed by atoms with E-state index in [2.05, 4.69) is 75.6 Å². The highest BCUT2D eigenvalue weighted by Crippen LogP contribution is 2.50. The molecule has 0 saturated carbocycles. The quantitative estimate of drug-likeness (QED) is 0.156. The normalized spacial score (nSPS) is 19.5. The van der Waals surface area contributed by atoms with Gasteiger partial charge >= 0.3 is 12.2 Å². The number of aromatic amines is 2. The Morgan fingerprint density at radius 3 is 1.69 bits per heavy atom. The predicted molar refractivity (Wildman–Crippen MR) is 206 cm³/mol. The lowest BCUT2D eigenvalue weighted by atomic mass is 9.81. The first-order chi connectivity index (χ1) is 26.3. The van der Waals surface area contributed by atoms with Gasteiger partial charge in [0.1, 0.15) is 23.7 Å². The molecule has 2 saturated heterocycles. The second kappa shape index (κ2) is 14.9. The number of nitrogens with one attached hydrogen (secondary N) is 4. The Bertz CT molecular complexity index is 2120. The molecule has 4 atom stereocenters. The van der Waals surface area contributed by atoms with Gasteiger partial charge in [-0.25, -0.2) is 19.6 Å². The lowest BCUT2D eigenvalue weighted by Gasteiger charge is -2.30. The molecule has 0 radical (unpaired) electrons. The van der Waals surface area contributed by atoms with Gasteiger partial charge in [0.2, 0.25) is 11.8 Å². The van der Waals surface area contributed by atoms with Crippen LogP contribution in [0.15, 0.2) is 48.8 Å². The third kappa shape index (κ3) is 6.94. The molecule has 2 aliphatic heterocycles. The highest BCUT2D eigenvalue weighted by atomic mass is 16.5. The third-order valence-electron chi connectivity index (χ3n) is 11.5. The van der Waals surface area contributed by atoms with Gasteiger partial charge in [-0.15, -0.1) is 0 Å². The molecule has 290 valence electrons. The number of hydrogen-bond donors (Lipinski definition) is 4. The van der Waals surface area contributed by atoms with E-state index in [1.54, 1.807) is 11.8 Å². The van der Waals surface area contributed by atoms with E-state index in [-0.39, 0.29) is 35.2 Å². The number of rotatable bonds is 9. The smallest absolute Gasteiger partial charge is 0.407 e. The Hall–Kier alpha value is -5.66. The van der Waals surface area contributed by atoms with Gasteiger partial charge in [0.05, 0.1) is 50.1 Å². The molecule has 14 nitrogen and oxygen atoms in total. The summed E-state index contributed by atoms with van der Waals surface area (Å²) < 4.78 is 9.45. The van der Waals surface area contributed by atoms with Crippen molar-refractivity contribution in [3.63, 3.8) is 0 Å². The van der Waals surface area contributed by atoms with E-state index in [9.17, 15) is 19.2 Å². The SMILES string of the molecule is COC(=O)N[C@@H](C)C(=O)N1CCC[C@H]1c1ncc(-c2ccc3c(c2)C(C)(C)c2cc(-c4cnc([C@@H]5CCCN5C(=O)[C@@H](NC(=O)OC)C(C)C)[nH]4)ccc2-3)[nH]1. The van der Waals surface area contributed by atoms with Gasteiger partial charge < -0.3 is 39.9 Å². The average molecular weight is 751 g/mol. The molecule has 4 aromatic rings. The fourth-order valence-corrected chi connectivity index (χ4v) is 8.43. The topological polar surface area (TPSA) is 175 Å². The van der Waals surface area contributed by atoms with E-state index < -0.39 is 24.3 Å². The summed E-state index contributed by atoms with van der Waals surface area (Å²) in [6, 6.07) is 11.2. The maximum Gasteiger partial charge on any atom is 0.407 e. The summed E-state index contributed by atoms with van der Waals surface area (Å²) in [5.41, 5.74) is 8.23. The van der Waals surface area contributed by atoms with E-state index in [1.165, 1.54) is 36.5 Å². The van der Waals surface area contributed by atoms with Crippen LogP contribution in [0.5, 0.6) is 0 Å². The van der Waals surface area contributed by atoms with Gasteiger partial charge in [-0.1, -0.05) is 52.0 Å². The number of carbonyl (C=O) groups is 4. The molecular weight excluding hydrogens is 701 g/mol. The number of benzene rings is 2. The van der Waals surface area contributed by atoms with Crippen molar-refractivity contribution in [2.45, 2.75) is 89.9 Å². The summed E-state index contributed by atoms with van der Waals surface area (Å²) in [7, 11) is 2.57. The van der Waals surface area contributed by atoms with E-state index in [1.807, 2.05) is 31.1 Å². The van der Waals surface area contributed by atoms with Crippen LogP contribution in [0.4, 0.5) is 9.59 Å². The second-order valence-corrected chi connectivity index (χ2v) is 15.6. The molecule has 2 aromatic carbocycles. The van der Waals surface area contributed by atoms with Crippen LogP contribution in [0, 0.1) is 5.92 Å². The van der Waals surface area contributed by atoms with Gasteiger partial charge in [-0.3, -0.25) is 9.59 Å². The number of imidazole rings is 2. The second-order valence-electron chi connectivity index (χ2n) is 15.6. The number of aromatic nitrogens is 4. The van der Waals surface area contributed by atoms with Gasteiger partial charge in [0.15, 0.2) is 0 Å². The zero-order chi connectivity index (χ0) is 39.2. The largest absolute Gasteiger partial charge is 0.453 e. The zero-order valence-electron chi connectivity index (χ0n) is 32.5. The molecule has 2 fully saturated rings. The maximum atomic E-state index is 13.7. The van der Waals surface area contributed by atoms with E-state index in [4.69, 9.17) is 14.7 Å². The fraction of sp³-hybridized carbons (Fsp3) is 0.463. The van der Waals surface area contributed by atoms with Crippen LogP contribution in [0.2, 0.25) is 0 Å². The highest BCUT2D eigenvalue weighted by Gasteiger charge is 2.39. The monoisotopic (exact) mass is 750 g/mol. The molecule has 3 aliphatic rings. The number of methoxy groups -OCH3 is 2. The Kier molecular flexibility index (Phi) is 10.2. The molecule has 14 heteroatoms. The van der Waals surface area contributed by atoms with E-state index >= 15 is 0 Å². The summed E-state index contributed by atoms with van der Waals surface area (Å²) in [5.74, 6) is 1.03. The minimum Gasteiger partial charge on any atom is -0.453 e. The zero-order valence-corrected chi connectivity index (χ0v) is 32.5. The maximum absolute atomic E-state index is 13.7. The lowest BCUT2D eigenvalue weighted by Crippen LogP contribution is -2.51. The van der Waals surface area contributed by atoms with Gasteiger partial charge in [0.25, 0.3) is 0 Å². The fourth-order valence-electron chi connectivity index (χ4n) is 8.43. The Morgan fingerprint density at radius 2 is 1.22 bits per heavy atom. The summed E-state index contributed by atoms with van der Waals surface area (Å²) >= 11 is 0. The number of fused-ring (bicyclic) bond motifs is 3. The molecule has 4 heterocycles. The molecule has 0 bridgehead atoms. The summed E-state index contributed by atoms with van der Waals surface area (Å²) in [4.78, 5) is 70.7. The van der Waals surface area contributed by atoms with Crippen LogP contribution >= 0.6 is 0 Å². The molecule has 0 spiro atoms. The highest BCUT2D eigenvalue weighted by molar-refractivity contribution is 5.88. The van der Waals surface area contributed by atoms with E-state index in [0.717, 1.165) is 59.8 Å². The molecule has 4 amide bonds.